The van der Waals surface area contributed by atoms with E-state index in [1.807, 2.05) is 10.8 Å². The summed E-state index contributed by atoms with van der Waals surface area (Å²) in [6.07, 6.45) is 2.54. The number of hydrogen-bond donors (Lipinski definition) is 1. The number of halogens is 1. The summed E-state index contributed by atoms with van der Waals surface area (Å²) in [6, 6.07) is 0. The van der Waals surface area contributed by atoms with Crippen LogP contribution in [0.3, 0.4) is 0 Å². The number of aliphatic carboxylic acids is 1. The van der Waals surface area contributed by atoms with Crippen LogP contribution >= 0.6 is 27.3 Å². The van der Waals surface area contributed by atoms with Crippen LogP contribution in [0.2, 0.25) is 0 Å². The van der Waals surface area contributed by atoms with E-state index in [4.69, 9.17) is 5.11 Å². The third kappa shape index (κ3) is 1.64. The normalized spacial score (nSPS) is 16.4. The Hall–Kier alpha value is -0.610. The highest BCUT2D eigenvalue weighted by atomic mass is 79.9. The van der Waals surface area contributed by atoms with E-state index in [-0.39, 0.29) is 0 Å². The standard InChI is InChI=1S/C10H9BrO2S/c11-9-5-14-4-8(9)6-2-1-3-7(6)10(12)13/h4-5H,1-3H2,(H,12,13). The molecular formula is C10H9BrO2S. The van der Waals surface area contributed by atoms with Gasteiger partial charge in [0.05, 0.1) is 0 Å². The van der Waals surface area contributed by atoms with Crippen LogP contribution in [0.1, 0.15) is 24.8 Å². The van der Waals surface area contributed by atoms with Crippen molar-refractivity contribution in [1.82, 2.24) is 0 Å². The maximum atomic E-state index is 10.9. The average Bonchev–Trinajstić information content (AvgIpc) is 2.70. The predicted octanol–water partition coefficient (Wildman–Crippen LogP) is 3.53. The molecule has 0 aromatic carbocycles. The van der Waals surface area contributed by atoms with Crippen LogP contribution in [-0.4, -0.2) is 11.1 Å². The molecule has 1 heterocycles. The first-order valence-corrected chi connectivity index (χ1v) is 6.11. The summed E-state index contributed by atoms with van der Waals surface area (Å²) in [5.41, 5.74) is 2.65. The fourth-order valence-corrected chi connectivity index (χ4v) is 3.32. The molecule has 2 nitrogen and oxygen atoms in total. The highest BCUT2D eigenvalue weighted by Gasteiger charge is 2.22. The van der Waals surface area contributed by atoms with Crippen molar-refractivity contribution >= 4 is 38.8 Å². The van der Waals surface area contributed by atoms with E-state index in [1.54, 1.807) is 11.3 Å². The monoisotopic (exact) mass is 272 g/mol. The Bertz CT molecular complexity index is 406. The third-order valence-corrected chi connectivity index (χ3v) is 4.12. The van der Waals surface area contributed by atoms with Crippen LogP contribution in [0.15, 0.2) is 20.8 Å². The van der Waals surface area contributed by atoms with E-state index in [1.165, 1.54) is 0 Å². The molecule has 1 aromatic rings. The van der Waals surface area contributed by atoms with Gasteiger partial charge in [-0.15, -0.1) is 0 Å². The van der Waals surface area contributed by atoms with Gasteiger partial charge in [-0.2, -0.15) is 11.3 Å². The van der Waals surface area contributed by atoms with Crippen molar-refractivity contribution < 1.29 is 9.90 Å². The van der Waals surface area contributed by atoms with Gasteiger partial charge >= 0.3 is 5.97 Å². The number of rotatable bonds is 2. The van der Waals surface area contributed by atoms with E-state index in [0.29, 0.717) is 12.0 Å². The Kier molecular flexibility index (Phi) is 2.74. The van der Waals surface area contributed by atoms with E-state index in [2.05, 4.69) is 15.9 Å². The molecule has 1 aromatic heterocycles. The molecule has 1 N–H and O–H groups in total. The number of carboxylic acid groups (broad SMARTS) is 1. The van der Waals surface area contributed by atoms with Gasteiger partial charge in [-0.1, -0.05) is 0 Å². The molecular weight excluding hydrogens is 264 g/mol. The van der Waals surface area contributed by atoms with Gasteiger partial charge in [0.2, 0.25) is 0 Å². The van der Waals surface area contributed by atoms with E-state index >= 15 is 0 Å². The summed E-state index contributed by atoms with van der Waals surface area (Å²) < 4.78 is 1.01. The van der Waals surface area contributed by atoms with E-state index in [9.17, 15) is 4.79 Å². The van der Waals surface area contributed by atoms with Crippen molar-refractivity contribution in [3.63, 3.8) is 0 Å². The van der Waals surface area contributed by atoms with Crippen LogP contribution in [0.5, 0.6) is 0 Å². The Balaban J connectivity index is 2.47. The SMILES string of the molecule is O=C(O)C1=C(c2cscc2Br)CCC1. The second-order valence-corrected chi connectivity index (χ2v) is 4.85. The zero-order valence-electron chi connectivity index (χ0n) is 7.42. The molecule has 0 unspecified atom stereocenters. The lowest BCUT2D eigenvalue weighted by Crippen LogP contribution is -1.99. The molecule has 0 radical (unpaired) electrons. The van der Waals surface area contributed by atoms with Gasteiger partial charge in [-0.05, 0) is 46.1 Å². The van der Waals surface area contributed by atoms with Crippen molar-refractivity contribution in [1.29, 1.82) is 0 Å². The molecule has 0 amide bonds. The van der Waals surface area contributed by atoms with Gasteiger partial charge in [0.25, 0.3) is 0 Å². The number of hydrogen-bond acceptors (Lipinski definition) is 2. The Labute approximate surface area is 94.4 Å². The zero-order valence-corrected chi connectivity index (χ0v) is 9.82. The second kappa shape index (κ2) is 3.87. The van der Waals surface area contributed by atoms with Crippen molar-refractivity contribution in [2.75, 3.05) is 0 Å². The van der Waals surface area contributed by atoms with Gasteiger partial charge in [-0.25, -0.2) is 4.79 Å². The smallest absolute Gasteiger partial charge is 0.331 e. The summed E-state index contributed by atoms with van der Waals surface area (Å²) in [4.78, 5) is 10.9. The lowest BCUT2D eigenvalue weighted by molar-refractivity contribution is -0.132. The van der Waals surface area contributed by atoms with Gasteiger partial charge in [0, 0.05) is 21.0 Å². The highest BCUT2D eigenvalue weighted by molar-refractivity contribution is 9.10. The number of carboxylic acids is 1. The van der Waals surface area contributed by atoms with Crippen LogP contribution < -0.4 is 0 Å². The minimum atomic E-state index is -0.768. The predicted molar refractivity (Wildman–Crippen MR) is 60.4 cm³/mol. The zero-order chi connectivity index (χ0) is 10.1. The molecule has 0 spiro atoms. The van der Waals surface area contributed by atoms with E-state index in [0.717, 1.165) is 28.5 Å². The summed E-state index contributed by atoms with van der Waals surface area (Å²) >= 11 is 5.03. The Morgan fingerprint density at radius 2 is 2.21 bits per heavy atom. The van der Waals surface area contributed by atoms with Crippen LogP contribution in [0.4, 0.5) is 0 Å². The first kappa shape index (κ1) is 9.93. The molecule has 0 aliphatic heterocycles. The summed E-state index contributed by atoms with van der Waals surface area (Å²) in [5.74, 6) is -0.768. The molecule has 0 bridgehead atoms. The maximum Gasteiger partial charge on any atom is 0.331 e. The van der Waals surface area contributed by atoms with Crippen molar-refractivity contribution in [3.05, 3.63) is 26.4 Å². The fourth-order valence-electron chi connectivity index (χ4n) is 1.77. The minimum absolute atomic E-state index is 0.587. The average molecular weight is 273 g/mol. The molecule has 14 heavy (non-hydrogen) atoms. The third-order valence-electron chi connectivity index (χ3n) is 2.42. The van der Waals surface area contributed by atoms with Crippen molar-refractivity contribution in [3.8, 4) is 0 Å². The fraction of sp³-hybridized carbons (Fsp3) is 0.300. The molecule has 2 rings (SSSR count). The molecule has 4 heteroatoms. The molecule has 0 saturated carbocycles. The highest BCUT2D eigenvalue weighted by Crippen LogP contribution is 2.38. The minimum Gasteiger partial charge on any atom is -0.478 e. The Morgan fingerprint density at radius 1 is 1.43 bits per heavy atom. The van der Waals surface area contributed by atoms with Gasteiger partial charge in [-0.3, -0.25) is 0 Å². The van der Waals surface area contributed by atoms with Gasteiger partial charge < -0.3 is 5.11 Å². The van der Waals surface area contributed by atoms with Gasteiger partial charge in [0.1, 0.15) is 0 Å². The lowest BCUT2D eigenvalue weighted by Gasteiger charge is -2.01. The molecule has 0 saturated heterocycles. The largest absolute Gasteiger partial charge is 0.478 e. The lowest BCUT2D eigenvalue weighted by atomic mass is 10.1. The quantitative estimate of drug-likeness (QED) is 0.894. The van der Waals surface area contributed by atoms with E-state index < -0.39 is 5.97 Å². The summed E-state index contributed by atoms with van der Waals surface area (Å²) in [7, 11) is 0. The molecule has 0 atom stereocenters. The van der Waals surface area contributed by atoms with Crippen molar-refractivity contribution in [2.24, 2.45) is 0 Å². The Morgan fingerprint density at radius 3 is 2.79 bits per heavy atom. The summed E-state index contributed by atoms with van der Waals surface area (Å²) in [5, 5.41) is 13.0. The molecule has 1 aliphatic carbocycles. The van der Waals surface area contributed by atoms with Crippen LogP contribution in [0.25, 0.3) is 5.57 Å². The van der Waals surface area contributed by atoms with Crippen LogP contribution in [-0.2, 0) is 4.79 Å². The van der Waals surface area contributed by atoms with Crippen molar-refractivity contribution in [2.45, 2.75) is 19.3 Å². The second-order valence-electron chi connectivity index (χ2n) is 3.25. The number of allylic oxidation sites excluding steroid dienone is 1. The first-order valence-electron chi connectivity index (χ1n) is 4.37. The van der Waals surface area contributed by atoms with Gasteiger partial charge in [0.15, 0.2) is 0 Å². The molecule has 1 aliphatic rings. The summed E-state index contributed by atoms with van der Waals surface area (Å²) in [6.45, 7) is 0. The molecule has 74 valence electrons. The molecule has 0 fully saturated rings. The maximum absolute atomic E-state index is 10.9. The number of carbonyl (C=O) groups is 1. The number of thiophene rings is 1. The first-order chi connectivity index (χ1) is 6.70. The van der Waals surface area contributed by atoms with Crippen LogP contribution in [0, 0.1) is 0 Å². The topological polar surface area (TPSA) is 37.3 Å².